The summed E-state index contributed by atoms with van der Waals surface area (Å²) in [7, 11) is 0. The fraction of sp³-hybridized carbons (Fsp3) is 0.0909. The minimum absolute atomic E-state index is 0.0927. The Morgan fingerprint density at radius 2 is 0.733 bits per heavy atom. The van der Waals surface area contributed by atoms with E-state index in [1.165, 1.54) is 9.13 Å². The molecule has 2 aliphatic heterocycles. The number of furan rings is 1. The zero-order chi connectivity index (χ0) is 88.4. The highest BCUT2D eigenvalue weighted by molar-refractivity contribution is 6.17. The van der Waals surface area contributed by atoms with Crippen molar-refractivity contribution in [2.24, 2.45) is 0 Å². The van der Waals surface area contributed by atoms with Gasteiger partial charge >= 0.3 is 0 Å². The fourth-order valence-corrected chi connectivity index (χ4v) is 16.4. The van der Waals surface area contributed by atoms with Crippen LogP contribution < -0.4 is 9.80 Å². The van der Waals surface area contributed by atoms with Crippen LogP contribution in [0.4, 0.5) is 34.1 Å². The van der Waals surface area contributed by atoms with E-state index in [1.807, 2.05) is 109 Å². The van der Waals surface area contributed by atoms with Gasteiger partial charge in [0.05, 0.1) is 102 Å². The summed E-state index contributed by atoms with van der Waals surface area (Å²) in [6.07, 6.45) is 0. The van der Waals surface area contributed by atoms with Gasteiger partial charge in [-0.05, 0) is 176 Å². The van der Waals surface area contributed by atoms with Crippen molar-refractivity contribution in [1.29, 1.82) is 0 Å². The van der Waals surface area contributed by atoms with E-state index in [2.05, 4.69) is 123 Å². The summed E-state index contributed by atoms with van der Waals surface area (Å²) in [4.78, 5) is 4.26. The fourth-order valence-electron chi connectivity index (χ4n) is 16.4. The van der Waals surface area contributed by atoms with Gasteiger partial charge in [0.1, 0.15) is 0 Å². The van der Waals surface area contributed by atoms with E-state index in [0.29, 0.717) is 67.3 Å². The lowest BCUT2D eigenvalue weighted by atomic mass is 9.75. The van der Waals surface area contributed by atoms with Crippen LogP contribution in [0.15, 0.2) is 331 Å². The average Bonchev–Trinajstić information content (AvgIpc) is 0.991. The molecule has 2 aliphatic rings. The molecule has 6 heteroatoms. The van der Waals surface area contributed by atoms with Crippen LogP contribution in [0.2, 0.25) is 0 Å². The minimum Gasteiger partial charge on any atom is -0.452 e. The SMILES string of the molecule is [2H]c1c([2H])c([2H])c(-c2ccc3c(c2)N(c2cccc4c2oc2c(-n5c6c([2H])c([2H])c([2H])c([2H])c6c6c([2H])c([2H])c([2H])c([2H])c65)cccc24)c2cc(-n4c5ccc(C(C)(C)C)cc5c5cc(C(C)(C)C)ccc54)cc4c2C3c2ccc(-n3c5c([2H])c([2H])c([2H])c([2H])c5c5c([2H])c([2H])c([2H])c([2H])c53)cc2N4c2cc(-c3ccccc3)cc(-c3ccccc3)c2)c([2H])c1[2H]. The predicted molar refractivity (Wildman–Crippen MR) is 441 cm³/mol. The molecule has 15 aromatic carbocycles. The van der Waals surface area contributed by atoms with Crippen molar-refractivity contribution in [3.05, 3.63) is 355 Å². The number of anilines is 6. The van der Waals surface area contributed by atoms with Gasteiger partial charge in [0, 0.05) is 65.9 Å². The van der Waals surface area contributed by atoms with Crippen molar-refractivity contribution in [2.75, 3.05) is 9.80 Å². The number of aromatic nitrogens is 3. The molecule has 0 radical (unpaired) electrons. The maximum atomic E-state index is 9.84. The number of fused-ring (bicyclic) bond motifs is 16. The highest BCUT2D eigenvalue weighted by Crippen LogP contribution is 2.63. The third-order valence-electron chi connectivity index (χ3n) is 21.3. The molecule has 0 saturated carbocycles. The van der Waals surface area contributed by atoms with Crippen molar-refractivity contribution < 1.29 is 33.2 Å². The van der Waals surface area contributed by atoms with E-state index in [4.69, 9.17) is 14.0 Å². The van der Waals surface area contributed by atoms with Crippen LogP contribution in [0.5, 0.6) is 0 Å². The Kier molecular flexibility index (Phi) is 9.37. The lowest BCUT2D eigenvalue weighted by molar-refractivity contribution is 0.590. The highest BCUT2D eigenvalue weighted by atomic mass is 16.3. The van der Waals surface area contributed by atoms with Crippen LogP contribution in [0.1, 0.15) is 104 Å². The molecule has 0 fully saturated rings. The van der Waals surface area contributed by atoms with Crippen LogP contribution in [0, 0.1) is 0 Å². The molecular formula is C99H73N5O. The first kappa shape index (κ1) is 43.1. The number of hydrogen-bond acceptors (Lipinski definition) is 3. The van der Waals surface area contributed by atoms with Crippen LogP contribution in [-0.2, 0) is 10.8 Å². The summed E-state index contributed by atoms with van der Waals surface area (Å²) in [5.74, 6) is -0.860. The molecule has 500 valence electrons. The van der Waals surface area contributed by atoms with E-state index < -0.39 is 133 Å². The van der Waals surface area contributed by atoms with Crippen molar-refractivity contribution >= 4 is 121 Å². The molecule has 1 atom stereocenters. The summed E-state index contributed by atoms with van der Waals surface area (Å²) in [6.45, 7) is 13.1. The van der Waals surface area contributed by atoms with E-state index in [0.717, 1.165) is 55.2 Å². The number of para-hydroxylation sites is 6. The Hall–Kier alpha value is -12.9. The average molecular weight is 1370 g/mol. The first-order valence-electron chi connectivity index (χ1n) is 45.5. The number of benzene rings is 15. The van der Waals surface area contributed by atoms with Gasteiger partial charge in [-0.1, -0.05) is 260 Å². The third-order valence-corrected chi connectivity index (χ3v) is 21.3. The maximum absolute atomic E-state index is 9.84. The zero-order valence-corrected chi connectivity index (χ0v) is 57.8. The maximum Gasteiger partial charge on any atom is 0.159 e. The molecule has 6 nitrogen and oxygen atoms in total. The summed E-state index contributed by atoms with van der Waals surface area (Å²) in [5, 5.41) is 2.48. The van der Waals surface area contributed by atoms with Crippen molar-refractivity contribution in [2.45, 2.75) is 58.3 Å². The standard InChI is InChI=1S/C99H73N5O/c1-98(2,3)67-45-50-86-80(56-67)81-57-68(99(4,5)6)46-51-87(81)101(86)71-59-92-95-93(60-71)104(89-43-25-37-77-76-36-24-42-88(96(76)105-97(77)89)103-84-40-22-18-34-74(84)75-35-19-23-41-85(75)103)90-55-64(61-26-10-7-11-27-61)44-48-78(90)94(95)79-49-47-69(100-82-38-20-16-32-72(82)73-33-17-21-39-83(73)100)58-91(79)102(92)70-53-65(62-28-12-8-13-29-62)52-66(54-70)63-30-14-9-15-31-63/h7-60,94H,1-6H3/i7D,10D,11D,16D,17D,18D,19D,20D,21D,22D,23D,26D,27D,32D,33D,34D,35D,38D,39D,40D,41D. The zero-order valence-electron chi connectivity index (χ0n) is 78.8. The van der Waals surface area contributed by atoms with Gasteiger partial charge in [-0.2, -0.15) is 0 Å². The molecule has 0 N–H and O–H groups in total. The molecule has 0 bridgehead atoms. The van der Waals surface area contributed by atoms with Crippen molar-refractivity contribution in [1.82, 2.24) is 13.7 Å². The number of rotatable bonds is 8. The molecule has 0 saturated heterocycles. The van der Waals surface area contributed by atoms with Gasteiger partial charge in [-0.3, -0.25) is 0 Å². The number of hydrogen-bond donors (Lipinski definition) is 0. The Bertz CT molecular complexity index is 7850. The Morgan fingerprint density at radius 3 is 1.28 bits per heavy atom. The predicted octanol–water partition coefficient (Wildman–Crippen LogP) is 27.2. The Balaban J connectivity index is 0.953. The molecule has 1 unspecified atom stereocenters. The van der Waals surface area contributed by atoms with E-state index in [1.54, 1.807) is 24.3 Å². The molecule has 0 amide bonds. The van der Waals surface area contributed by atoms with E-state index in [-0.39, 0.29) is 88.1 Å². The first-order chi connectivity index (χ1) is 60.1. The number of nitrogens with zero attached hydrogens (tertiary/aromatic N) is 5. The van der Waals surface area contributed by atoms with Gasteiger partial charge in [-0.25, -0.2) is 0 Å². The summed E-state index contributed by atoms with van der Waals surface area (Å²) in [5.41, 5.74) is 12.9. The molecule has 4 aromatic heterocycles. The second-order valence-electron chi connectivity index (χ2n) is 29.3. The van der Waals surface area contributed by atoms with Crippen LogP contribution in [0.3, 0.4) is 0 Å². The molecule has 19 aromatic rings. The Morgan fingerprint density at radius 1 is 0.276 bits per heavy atom. The van der Waals surface area contributed by atoms with Gasteiger partial charge in [0.25, 0.3) is 0 Å². The molecular weight excluding hydrogens is 1280 g/mol. The largest absolute Gasteiger partial charge is 0.452 e. The van der Waals surface area contributed by atoms with Crippen LogP contribution in [-0.4, -0.2) is 13.7 Å². The third kappa shape index (κ3) is 9.28. The van der Waals surface area contributed by atoms with E-state index >= 15 is 0 Å². The quantitative estimate of drug-likeness (QED) is 0.152. The molecule has 0 spiro atoms. The monoisotopic (exact) mass is 1370 g/mol. The van der Waals surface area contributed by atoms with Crippen molar-refractivity contribution in [3.8, 4) is 50.4 Å². The minimum atomic E-state index is -0.860. The van der Waals surface area contributed by atoms with Gasteiger partial charge in [0.15, 0.2) is 11.2 Å². The first-order valence-corrected chi connectivity index (χ1v) is 35.0. The van der Waals surface area contributed by atoms with Gasteiger partial charge in [-0.15, -0.1) is 0 Å². The summed E-state index contributed by atoms with van der Waals surface area (Å²) >= 11 is 0. The molecule has 21 rings (SSSR count). The normalized spacial score (nSPS) is 16.5. The Labute approximate surface area is 639 Å². The molecule has 105 heavy (non-hydrogen) atoms. The summed E-state index contributed by atoms with van der Waals surface area (Å²) in [6, 6.07) is 54.4. The van der Waals surface area contributed by atoms with Gasteiger partial charge in [0.2, 0.25) is 0 Å². The lowest BCUT2D eigenvalue weighted by Crippen LogP contribution is -2.30. The van der Waals surface area contributed by atoms with E-state index in [9.17, 15) is 19.2 Å². The van der Waals surface area contributed by atoms with Crippen LogP contribution >= 0.6 is 0 Å². The van der Waals surface area contributed by atoms with Crippen molar-refractivity contribution in [3.63, 3.8) is 0 Å². The van der Waals surface area contributed by atoms with Gasteiger partial charge < -0.3 is 27.9 Å². The molecule has 6 heterocycles. The second kappa shape index (κ2) is 22.8. The second-order valence-corrected chi connectivity index (χ2v) is 29.3. The topological polar surface area (TPSA) is 34.4 Å². The summed E-state index contributed by atoms with van der Waals surface area (Å²) < 4.78 is 209. The highest BCUT2D eigenvalue weighted by Gasteiger charge is 2.43. The lowest BCUT2D eigenvalue weighted by Gasteiger charge is -2.45. The van der Waals surface area contributed by atoms with Crippen LogP contribution in [0.25, 0.3) is 138 Å². The molecule has 0 aliphatic carbocycles. The smallest absolute Gasteiger partial charge is 0.159 e.